The van der Waals surface area contributed by atoms with E-state index in [1.165, 1.54) is 31.2 Å². The van der Waals surface area contributed by atoms with Gasteiger partial charge in [-0.2, -0.15) is 0 Å². The first-order valence-electron chi connectivity index (χ1n) is 7.91. The van der Waals surface area contributed by atoms with Crippen LogP contribution in [0.3, 0.4) is 0 Å². The van der Waals surface area contributed by atoms with Gasteiger partial charge in [-0.1, -0.05) is 30.3 Å². The molecule has 3 rings (SSSR count). The van der Waals surface area contributed by atoms with Crippen molar-refractivity contribution in [1.82, 2.24) is 15.6 Å². The molecule has 1 atom stereocenters. The molecule has 1 aromatic carbocycles. The molecular weight excluding hydrogens is 262 g/mol. The summed E-state index contributed by atoms with van der Waals surface area (Å²) in [6.07, 6.45) is 4.78. The Morgan fingerprint density at radius 2 is 2.05 bits per heavy atom. The van der Waals surface area contributed by atoms with Crippen molar-refractivity contribution in [1.29, 1.82) is 0 Å². The van der Waals surface area contributed by atoms with Gasteiger partial charge in [0.2, 0.25) is 5.96 Å². The average molecular weight is 287 g/mol. The number of benzene rings is 1. The Labute approximate surface area is 126 Å². The van der Waals surface area contributed by atoms with Crippen molar-refractivity contribution in [2.45, 2.75) is 44.3 Å². The Kier molecular flexibility index (Phi) is 4.72. The van der Waals surface area contributed by atoms with Crippen LogP contribution in [0.25, 0.3) is 0 Å². The highest BCUT2D eigenvalue weighted by Crippen LogP contribution is 2.23. The number of nitrogens with one attached hydrogen (secondary N) is 2. The zero-order chi connectivity index (χ0) is 14.5. The predicted octanol–water partition coefficient (Wildman–Crippen LogP) is 1.22. The maximum absolute atomic E-state index is 5.57. The molecule has 1 saturated carbocycles. The minimum Gasteiger partial charge on any atom is -0.351 e. The van der Waals surface area contributed by atoms with Gasteiger partial charge in [0.25, 0.3) is 0 Å². The van der Waals surface area contributed by atoms with E-state index in [1.807, 2.05) is 0 Å². The van der Waals surface area contributed by atoms with E-state index >= 15 is 0 Å². The third-order valence-electron chi connectivity index (χ3n) is 4.09. The zero-order valence-electron chi connectivity index (χ0n) is 12.5. The van der Waals surface area contributed by atoms with Crippen LogP contribution in [0, 0.1) is 0 Å². The van der Waals surface area contributed by atoms with Crippen molar-refractivity contribution in [3.63, 3.8) is 0 Å². The molecule has 2 fully saturated rings. The van der Waals surface area contributed by atoms with E-state index in [-0.39, 0.29) is 0 Å². The minimum atomic E-state index is 0.427. The van der Waals surface area contributed by atoms with E-state index in [0.717, 1.165) is 25.6 Å². The molecule has 1 aliphatic heterocycles. The summed E-state index contributed by atoms with van der Waals surface area (Å²) in [5, 5.41) is 3.46. The third kappa shape index (κ3) is 4.44. The summed E-state index contributed by atoms with van der Waals surface area (Å²) in [5.74, 6) is 6.32. The van der Waals surface area contributed by atoms with Crippen molar-refractivity contribution in [2.24, 2.45) is 10.8 Å². The molecule has 0 aromatic heterocycles. The lowest BCUT2D eigenvalue weighted by atomic mass is 10.0. The van der Waals surface area contributed by atoms with E-state index in [1.54, 1.807) is 0 Å². The molecule has 1 aliphatic carbocycles. The first-order valence-corrected chi connectivity index (χ1v) is 7.91. The fraction of sp³-hybridized carbons (Fsp3) is 0.562. The van der Waals surface area contributed by atoms with Crippen LogP contribution in [0.4, 0.5) is 0 Å². The molecule has 114 valence electrons. The number of nitrogens with two attached hydrogens (primary N) is 1. The largest absolute Gasteiger partial charge is 0.351 e. The monoisotopic (exact) mass is 287 g/mol. The topological polar surface area (TPSA) is 65.7 Å². The molecule has 0 amide bonds. The van der Waals surface area contributed by atoms with Crippen molar-refractivity contribution in [2.75, 3.05) is 13.1 Å². The third-order valence-corrected chi connectivity index (χ3v) is 4.09. The lowest BCUT2D eigenvalue weighted by Crippen LogP contribution is -2.52. The normalized spacial score (nSPS) is 23.9. The SMILES string of the molecule is NNC(=NC1CC1)NC1CCCN(Cc2ccccc2)C1. The van der Waals surface area contributed by atoms with Gasteiger partial charge in [0.1, 0.15) is 0 Å². The fourth-order valence-corrected chi connectivity index (χ4v) is 2.85. The summed E-state index contributed by atoms with van der Waals surface area (Å²) in [7, 11) is 0. The number of hydrogen-bond donors (Lipinski definition) is 3. The molecule has 5 nitrogen and oxygen atoms in total. The van der Waals surface area contributed by atoms with Crippen LogP contribution < -0.4 is 16.6 Å². The molecule has 1 aromatic rings. The van der Waals surface area contributed by atoms with Crippen LogP contribution in [0.15, 0.2) is 35.3 Å². The molecule has 1 heterocycles. The van der Waals surface area contributed by atoms with Crippen LogP contribution in [-0.2, 0) is 6.54 Å². The standard InChI is InChI=1S/C16H25N5/c17-20-16(18-14-8-9-14)19-15-7-4-10-21(12-15)11-13-5-2-1-3-6-13/h1-3,5-6,14-15H,4,7-12,17H2,(H2,18,19,20). The number of hydrogen-bond acceptors (Lipinski definition) is 3. The highest BCUT2D eigenvalue weighted by molar-refractivity contribution is 5.79. The summed E-state index contributed by atoms with van der Waals surface area (Å²) >= 11 is 0. The quantitative estimate of drug-likeness (QED) is 0.337. The van der Waals surface area contributed by atoms with Gasteiger partial charge in [0, 0.05) is 19.1 Å². The van der Waals surface area contributed by atoms with Gasteiger partial charge < -0.3 is 5.32 Å². The number of nitrogens with zero attached hydrogens (tertiary/aromatic N) is 2. The summed E-state index contributed by atoms with van der Waals surface area (Å²) < 4.78 is 0. The Balaban J connectivity index is 1.53. The number of guanidine groups is 1. The first kappa shape index (κ1) is 14.4. The van der Waals surface area contributed by atoms with Gasteiger partial charge >= 0.3 is 0 Å². The summed E-state index contributed by atoms with van der Waals surface area (Å²) in [4.78, 5) is 7.06. The molecule has 2 aliphatic rings. The summed E-state index contributed by atoms with van der Waals surface area (Å²) in [6.45, 7) is 3.22. The van der Waals surface area contributed by atoms with Gasteiger partial charge in [0.15, 0.2) is 0 Å². The molecule has 0 radical (unpaired) electrons. The zero-order valence-corrected chi connectivity index (χ0v) is 12.5. The van der Waals surface area contributed by atoms with Gasteiger partial charge in [-0.15, -0.1) is 0 Å². The summed E-state index contributed by atoms with van der Waals surface area (Å²) in [6, 6.07) is 11.6. The molecule has 1 saturated heterocycles. The Hall–Kier alpha value is -1.59. The van der Waals surface area contributed by atoms with Crippen LogP contribution in [0.1, 0.15) is 31.2 Å². The molecule has 4 N–H and O–H groups in total. The highest BCUT2D eigenvalue weighted by atomic mass is 15.3. The van der Waals surface area contributed by atoms with Crippen molar-refractivity contribution in [3.05, 3.63) is 35.9 Å². The van der Waals surface area contributed by atoms with E-state index in [2.05, 4.69) is 51.0 Å². The van der Waals surface area contributed by atoms with E-state index in [0.29, 0.717) is 12.1 Å². The number of piperidine rings is 1. The molecule has 0 bridgehead atoms. The summed E-state index contributed by atoms with van der Waals surface area (Å²) in [5.41, 5.74) is 4.08. The fourth-order valence-electron chi connectivity index (χ4n) is 2.85. The second-order valence-corrected chi connectivity index (χ2v) is 6.06. The van der Waals surface area contributed by atoms with Crippen LogP contribution in [0.2, 0.25) is 0 Å². The van der Waals surface area contributed by atoms with Gasteiger partial charge in [-0.25, -0.2) is 10.8 Å². The Bertz CT molecular complexity index is 469. The van der Waals surface area contributed by atoms with Crippen LogP contribution >= 0.6 is 0 Å². The predicted molar refractivity (Wildman–Crippen MR) is 85.7 cm³/mol. The maximum atomic E-state index is 5.57. The lowest BCUT2D eigenvalue weighted by Gasteiger charge is -2.33. The van der Waals surface area contributed by atoms with Crippen molar-refractivity contribution < 1.29 is 0 Å². The van der Waals surface area contributed by atoms with Crippen molar-refractivity contribution >= 4 is 5.96 Å². The molecule has 0 spiro atoms. The molecule has 1 unspecified atom stereocenters. The number of hydrazine groups is 1. The van der Waals surface area contributed by atoms with Gasteiger partial charge in [-0.05, 0) is 37.8 Å². The average Bonchev–Trinajstić information content (AvgIpc) is 3.32. The first-order chi connectivity index (χ1) is 10.3. The second kappa shape index (κ2) is 6.91. The van der Waals surface area contributed by atoms with Crippen LogP contribution in [0.5, 0.6) is 0 Å². The number of likely N-dealkylation sites (tertiary alicyclic amines) is 1. The molecule has 21 heavy (non-hydrogen) atoms. The minimum absolute atomic E-state index is 0.427. The Morgan fingerprint density at radius 1 is 1.24 bits per heavy atom. The van der Waals surface area contributed by atoms with Gasteiger partial charge in [-0.3, -0.25) is 10.3 Å². The van der Waals surface area contributed by atoms with Crippen LogP contribution in [-0.4, -0.2) is 36.0 Å². The Morgan fingerprint density at radius 3 is 2.76 bits per heavy atom. The smallest absolute Gasteiger partial charge is 0.206 e. The van der Waals surface area contributed by atoms with Crippen molar-refractivity contribution in [3.8, 4) is 0 Å². The lowest BCUT2D eigenvalue weighted by molar-refractivity contribution is 0.192. The molecular formula is C16H25N5. The number of aliphatic imine (C=N–C) groups is 1. The van der Waals surface area contributed by atoms with E-state index in [4.69, 9.17) is 5.84 Å². The molecule has 5 heteroatoms. The van der Waals surface area contributed by atoms with E-state index < -0.39 is 0 Å². The van der Waals surface area contributed by atoms with E-state index in [9.17, 15) is 0 Å². The number of rotatable bonds is 4. The maximum Gasteiger partial charge on any atom is 0.206 e. The second-order valence-electron chi connectivity index (χ2n) is 6.06. The van der Waals surface area contributed by atoms with Gasteiger partial charge in [0.05, 0.1) is 6.04 Å². The highest BCUT2D eigenvalue weighted by Gasteiger charge is 2.24.